The van der Waals surface area contributed by atoms with Crippen molar-refractivity contribution >= 4 is 11.8 Å². The number of anilines is 2. The molecule has 0 aromatic carbocycles. The molecule has 2 atom stereocenters. The molecule has 0 amide bonds. The SMILES string of the molecule is C[C@@H]1COCCN1c1cc(=O)n2c(n1)N(Cc1nc(C(F)(F)F)no1)CCC2C(F)(F)F. The second-order valence-corrected chi connectivity index (χ2v) is 7.52. The third-order valence-electron chi connectivity index (χ3n) is 5.27. The van der Waals surface area contributed by atoms with Crippen molar-refractivity contribution in [2.45, 2.75) is 44.3 Å². The molecule has 0 spiro atoms. The van der Waals surface area contributed by atoms with Gasteiger partial charge in [0.05, 0.1) is 19.3 Å². The van der Waals surface area contributed by atoms with Gasteiger partial charge in [-0.15, -0.1) is 0 Å². The lowest BCUT2D eigenvalue weighted by Crippen LogP contribution is -2.48. The quantitative estimate of drug-likeness (QED) is 0.635. The maximum absolute atomic E-state index is 13.6. The molecule has 2 aliphatic rings. The molecule has 0 N–H and O–H groups in total. The van der Waals surface area contributed by atoms with E-state index in [4.69, 9.17) is 4.74 Å². The van der Waals surface area contributed by atoms with Gasteiger partial charge in [0.15, 0.2) is 0 Å². The molecule has 0 aliphatic carbocycles. The number of aromatic nitrogens is 4. The Kier molecular flexibility index (Phi) is 5.55. The van der Waals surface area contributed by atoms with Gasteiger partial charge in [-0.05, 0) is 13.3 Å². The van der Waals surface area contributed by atoms with Crippen LogP contribution in [0.2, 0.25) is 0 Å². The highest BCUT2D eigenvalue weighted by atomic mass is 19.4. The molecule has 1 fully saturated rings. The highest BCUT2D eigenvalue weighted by Gasteiger charge is 2.46. The van der Waals surface area contributed by atoms with Gasteiger partial charge < -0.3 is 19.1 Å². The van der Waals surface area contributed by atoms with Crippen LogP contribution in [0.15, 0.2) is 15.4 Å². The van der Waals surface area contributed by atoms with Gasteiger partial charge in [-0.3, -0.25) is 9.36 Å². The molecule has 176 valence electrons. The van der Waals surface area contributed by atoms with E-state index in [1.807, 2.05) is 6.92 Å². The number of alkyl halides is 6. The van der Waals surface area contributed by atoms with Crippen LogP contribution in [0.1, 0.15) is 31.1 Å². The molecule has 32 heavy (non-hydrogen) atoms. The van der Waals surface area contributed by atoms with E-state index in [9.17, 15) is 31.1 Å². The zero-order valence-electron chi connectivity index (χ0n) is 16.7. The number of ether oxygens (including phenoxy) is 1. The van der Waals surface area contributed by atoms with Crippen molar-refractivity contribution in [3.63, 3.8) is 0 Å². The van der Waals surface area contributed by atoms with E-state index in [0.717, 1.165) is 6.07 Å². The molecule has 4 heterocycles. The molecule has 4 rings (SSSR count). The largest absolute Gasteiger partial charge is 0.455 e. The van der Waals surface area contributed by atoms with Crippen molar-refractivity contribution in [2.75, 3.05) is 36.1 Å². The zero-order valence-corrected chi connectivity index (χ0v) is 16.7. The summed E-state index contributed by atoms with van der Waals surface area (Å²) >= 11 is 0. The summed E-state index contributed by atoms with van der Waals surface area (Å²) in [6, 6.07) is -1.26. The van der Waals surface area contributed by atoms with Crippen LogP contribution >= 0.6 is 0 Å². The van der Waals surface area contributed by atoms with E-state index in [-0.39, 0.29) is 24.4 Å². The molecule has 0 saturated carbocycles. The Bertz CT molecular complexity index is 1040. The molecule has 1 saturated heterocycles. The van der Waals surface area contributed by atoms with Gasteiger partial charge in [0.25, 0.3) is 11.4 Å². The first-order chi connectivity index (χ1) is 14.9. The van der Waals surface area contributed by atoms with Crippen molar-refractivity contribution in [3.8, 4) is 0 Å². The summed E-state index contributed by atoms with van der Waals surface area (Å²) in [5.74, 6) is -2.13. The number of nitrogens with zero attached hydrogens (tertiary/aromatic N) is 6. The van der Waals surface area contributed by atoms with Gasteiger partial charge in [-0.1, -0.05) is 5.16 Å². The predicted octanol–water partition coefficient (Wildman–Crippen LogP) is 2.38. The first-order valence-corrected chi connectivity index (χ1v) is 9.64. The maximum Gasteiger partial charge on any atom is 0.455 e. The van der Waals surface area contributed by atoms with Crippen LogP contribution in [-0.2, 0) is 17.5 Å². The number of rotatable bonds is 3. The van der Waals surface area contributed by atoms with Crippen LogP contribution in [-0.4, -0.2) is 58.2 Å². The summed E-state index contributed by atoms with van der Waals surface area (Å²) in [7, 11) is 0. The standard InChI is InChI=1S/C17H18F6N6O3/c1-9-8-31-5-4-28(9)11-6-13(30)29-10(16(18,19)20)2-3-27(15(29)24-11)7-12-25-14(26-32-12)17(21,22)23/h6,9-10H,2-5,7-8H2,1H3/t9-,10?/m1/s1. The first-order valence-electron chi connectivity index (χ1n) is 9.64. The third kappa shape index (κ3) is 4.25. The fourth-order valence-corrected chi connectivity index (χ4v) is 3.76. The van der Waals surface area contributed by atoms with E-state index < -0.39 is 48.6 Å². The van der Waals surface area contributed by atoms with E-state index in [0.29, 0.717) is 24.3 Å². The lowest BCUT2D eigenvalue weighted by molar-refractivity contribution is -0.171. The highest BCUT2D eigenvalue weighted by molar-refractivity contribution is 5.47. The molecule has 9 nitrogen and oxygen atoms in total. The van der Waals surface area contributed by atoms with Crippen molar-refractivity contribution in [3.05, 3.63) is 28.1 Å². The highest BCUT2D eigenvalue weighted by Crippen LogP contribution is 2.39. The Morgan fingerprint density at radius 1 is 1.16 bits per heavy atom. The van der Waals surface area contributed by atoms with Crippen LogP contribution in [0.5, 0.6) is 0 Å². The smallest absolute Gasteiger partial charge is 0.377 e. The lowest BCUT2D eigenvalue weighted by atomic mass is 10.1. The van der Waals surface area contributed by atoms with Crippen LogP contribution in [0.25, 0.3) is 0 Å². The summed E-state index contributed by atoms with van der Waals surface area (Å²) in [5.41, 5.74) is -0.919. The molecule has 1 unspecified atom stereocenters. The van der Waals surface area contributed by atoms with E-state index in [1.165, 1.54) is 4.90 Å². The number of fused-ring (bicyclic) bond motifs is 1. The van der Waals surface area contributed by atoms with Crippen LogP contribution in [0, 0.1) is 0 Å². The number of hydrogen-bond acceptors (Lipinski definition) is 8. The minimum Gasteiger partial charge on any atom is -0.377 e. The van der Waals surface area contributed by atoms with Crippen LogP contribution < -0.4 is 15.4 Å². The fraction of sp³-hybridized carbons (Fsp3) is 0.647. The molecule has 2 aromatic heterocycles. The summed E-state index contributed by atoms with van der Waals surface area (Å²) in [4.78, 5) is 23.3. The molecule has 0 radical (unpaired) electrons. The van der Waals surface area contributed by atoms with Crippen molar-refractivity contribution in [2.24, 2.45) is 0 Å². The summed E-state index contributed by atoms with van der Waals surface area (Å²) in [6.45, 7) is 2.20. The summed E-state index contributed by atoms with van der Waals surface area (Å²) < 4.78 is 89.5. The van der Waals surface area contributed by atoms with Crippen molar-refractivity contribution < 1.29 is 35.6 Å². The van der Waals surface area contributed by atoms with Crippen LogP contribution in [0.3, 0.4) is 0 Å². The normalized spacial score (nSPS) is 22.2. The molecule has 2 aliphatic heterocycles. The molecular weight excluding hydrogens is 450 g/mol. The molecule has 2 aromatic rings. The predicted molar refractivity (Wildman–Crippen MR) is 96.2 cm³/mol. The monoisotopic (exact) mass is 468 g/mol. The Morgan fingerprint density at radius 3 is 2.53 bits per heavy atom. The Morgan fingerprint density at radius 2 is 1.91 bits per heavy atom. The molecule has 15 heteroatoms. The van der Waals surface area contributed by atoms with E-state index in [1.54, 1.807) is 4.90 Å². The Hall–Kier alpha value is -2.84. The number of halogens is 6. The summed E-state index contributed by atoms with van der Waals surface area (Å²) in [5, 5.41) is 2.85. The van der Waals surface area contributed by atoms with Gasteiger partial charge in [-0.2, -0.15) is 36.3 Å². The average molecular weight is 468 g/mol. The topological polar surface area (TPSA) is 89.5 Å². The average Bonchev–Trinajstić information content (AvgIpc) is 3.17. The Labute approximate surface area is 176 Å². The minimum atomic E-state index is -4.84. The fourth-order valence-electron chi connectivity index (χ4n) is 3.76. The second kappa shape index (κ2) is 7.94. The number of morpholine rings is 1. The lowest BCUT2D eigenvalue weighted by Gasteiger charge is -2.38. The van der Waals surface area contributed by atoms with Crippen LogP contribution in [0.4, 0.5) is 38.1 Å². The van der Waals surface area contributed by atoms with Crippen molar-refractivity contribution in [1.29, 1.82) is 0 Å². The second-order valence-electron chi connectivity index (χ2n) is 7.52. The molecule has 0 bridgehead atoms. The minimum absolute atomic E-state index is 0.159. The van der Waals surface area contributed by atoms with Crippen molar-refractivity contribution in [1.82, 2.24) is 19.7 Å². The summed E-state index contributed by atoms with van der Waals surface area (Å²) in [6.07, 6.45) is -10.0. The van der Waals surface area contributed by atoms with E-state index in [2.05, 4.69) is 19.6 Å². The third-order valence-corrected chi connectivity index (χ3v) is 5.27. The van der Waals surface area contributed by atoms with Gasteiger partial charge in [0.2, 0.25) is 11.8 Å². The van der Waals surface area contributed by atoms with Gasteiger partial charge in [0.1, 0.15) is 18.4 Å². The maximum atomic E-state index is 13.6. The number of hydrogen-bond donors (Lipinski definition) is 0. The van der Waals surface area contributed by atoms with E-state index >= 15 is 0 Å². The van der Waals surface area contributed by atoms with Gasteiger partial charge >= 0.3 is 12.4 Å². The van der Waals surface area contributed by atoms with Gasteiger partial charge in [0, 0.05) is 19.2 Å². The molecular formula is C17H18F6N6O3. The van der Waals surface area contributed by atoms with Gasteiger partial charge in [-0.25, -0.2) is 0 Å². The Balaban J connectivity index is 1.74. The first kappa shape index (κ1) is 22.4. The zero-order chi connectivity index (χ0) is 23.3.